The van der Waals surface area contributed by atoms with Gasteiger partial charge in [0.05, 0.1) is 11.0 Å². The number of para-hydroxylation sites is 1. The third-order valence-corrected chi connectivity index (χ3v) is 3.76. The van der Waals surface area contributed by atoms with Gasteiger partial charge in [-0.1, -0.05) is 36.4 Å². The van der Waals surface area contributed by atoms with Crippen LogP contribution in [0.2, 0.25) is 0 Å². The molecule has 0 radical (unpaired) electrons. The van der Waals surface area contributed by atoms with Crippen molar-refractivity contribution in [2.45, 2.75) is 0 Å². The van der Waals surface area contributed by atoms with Gasteiger partial charge in [0.15, 0.2) is 0 Å². The van der Waals surface area contributed by atoms with Gasteiger partial charge >= 0.3 is 0 Å². The second kappa shape index (κ2) is 3.01. The van der Waals surface area contributed by atoms with Gasteiger partial charge in [-0.25, -0.2) is 9.97 Å². The smallest absolute Gasteiger partial charge is 0.147 e. The maximum Gasteiger partial charge on any atom is 0.147 e. The molecule has 0 saturated heterocycles. The highest BCUT2D eigenvalue weighted by molar-refractivity contribution is 6.05. The van der Waals surface area contributed by atoms with Crippen LogP contribution in [0.5, 0.6) is 0 Å². The molecule has 3 nitrogen and oxygen atoms in total. The Morgan fingerprint density at radius 1 is 0.895 bits per heavy atom. The normalized spacial score (nSPS) is 12.2. The Morgan fingerprint density at radius 3 is 2.79 bits per heavy atom. The Kier molecular flexibility index (Phi) is 1.47. The van der Waals surface area contributed by atoms with E-state index in [0.717, 1.165) is 27.7 Å². The molecule has 0 aliphatic carbocycles. The van der Waals surface area contributed by atoms with Crippen molar-refractivity contribution in [1.29, 1.82) is 0 Å². The van der Waals surface area contributed by atoms with Crippen LogP contribution in [0.4, 0.5) is 0 Å². The monoisotopic (exact) mass is 243 g/mol. The van der Waals surface area contributed by atoms with E-state index in [9.17, 15) is 0 Å². The zero-order valence-electron chi connectivity index (χ0n) is 10.0. The molecule has 0 bridgehead atoms. The predicted octanol–water partition coefficient (Wildman–Crippen LogP) is 3.63. The number of pyridine rings is 1. The van der Waals surface area contributed by atoms with Gasteiger partial charge in [-0.05, 0) is 17.5 Å². The highest BCUT2D eigenvalue weighted by Crippen LogP contribution is 2.29. The topological polar surface area (TPSA) is 30.2 Å². The van der Waals surface area contributed by atoms with E-state index >= 15 is 0 Å². The molecule has 3 aromatic heterocycles. The Morgan fingerprint density at radius 2 is 1.79 bits per heavy atom. The van der Waals surface area contributed by atoms with E-state index in [0.29, 0.717) is 0 Å². The van der Waals surface area contributed by atoms with E-state index in [1.165, 1.54) is 10.8 Å². The summed E-state index contributed by atoms with van der Waals surface area (Å²) in [6.07, 6.45) is 1.92. The third kappa shape index (κ3) is 1.03. The number of imidazole rings is 1. The molecule has 5 rings (SSSR count). The van der Waals surface area contributed by atoms with E-state index in [1.54, 1.807) is 0 Å². The number of benzene rings is 2. The first-order valence-corrected chi connectivity index (χ1v) is 6.29. The van der Waals surface area contributed by atoms with Gasteiger partial charge < -0.3 is 0 Å². The van der Waals surface area contributed by atoms with Crippen molar-refractivity contribution in [3.05, 3.63) is 54.7 Å². The van der Waals surface area contributed by atoms with Gasteiger partial charge in [0.2, 0.25) is 0 Å². The minimum Gasteiger partial charge on any atom is -0.276 e. The standard InChI is InChI=1S/C16H9N3/c1-2-6-12-10(4-1)8-14-17-9-11-5-3-7-13-15(11)19(14)16(12)18-13/h1-9H. The maximum atomic E-state index is 4.79. The Labute approximate surface area is 108 Å². The van der Waals surface area contributed by atoms with Crippen LogP contribution in [0.3, 0.4) is 0 Å². The van der Waals surface area contributed by atoms with Gasteiger partial charge in [-0.2, -0.15) is 0 Å². The van der Waals surface area contributed by atoms with Gasteiger partial charge in [-0.15, -0.1) is 0 Å². The van der Waals surface area contributed by atoms with Gasteiger partial charge in [0.25, 0.3) is 0 Å². The molecule has 0 unspecified atom stereocenters. The summed E-state index contributed by atoms with van der Waals surface area (Å²) in [5.74, 6) is 0. The molecule has 0 amide bonds. The Bertz CT molecular complexity index is 1060. The summed E-state index contributed by atoms with van der Waals surface area (Å²) in [6.45, 7) is 0. The van der Waals surface area contributed by atoms with Gasteiger partial charge in [0, 0.05) is 17.0 Å². The quantitative estimate of drug-likeness (QED) is 0.307. The second-order valence-electron chi connectivity index (χ2n) is 4.83. The molecule has 5 aromatic rings. The van der Waals surface area contributed by atoms with Crippen molar-refractivity contribution < 1.29 is 0 Å². The van der Waals surface area contributed by atoms with Crippen molar-refractivity contribution in [3.63, 3.8) is 0 Å². The SMILES string of the molecule is c1ccc2c(c1)cc1ncc3cccc4nc2n1c34. The third-order valence-electron chi connectivity index (χ3n) is 3.76. The molecule has 0 aliphatic rings. The lowest BCUT2D eigenvalue weighted by molar-refractivity contribution is 1.22. The van der Waals surface area contributed by atoms with E-state index < -0.39 is 0 Å². The van der Waals surface area contributed by atoms with Crippen molar-refractivity contribution in [2.24, 2.45) is 0 Å². The van der Waals surface area contributed by atoms with Crippen LogP contribution >= 0.6 is 0 Å². The van der Waals surface area contributed by atoms with Crippen molar-refractivity contribution >= 4 is 38.5 Å². The molecule has 0 atom stereocenters. The molecule has 0 saturated carbocycles. The first-order valence-electron chi connectivity index (χ1n) is 6.29. The lowest BCUT2D eigenvalue weighted by Gasteiger charge is -2.06. The molecule has 3 heteroatoms. The average Bonchev–Trinajstić information content (AvgIpc) is 2.85. The highest BCUT2D eigenvalue weighted by atomic mass is 15.1. The minimum absolute atomic E-state index is 0.954. The summed E-state index contributed by atoms with van der Waals surface area (Å²) in [5.41, 5.74) is 4.14. The van der Waals surface area contributed by atoms with Crippen molar-refractivity contribution in [1.82, 2.24) is 14.4 Å². The van der Waals surface area contributed by atoms with Crippen LogP contribution in [0.1, 0.15) is 0 Å². The summed E-state index contributed by atoms with van der Waals surface area (Å²) in [7, 11) is 0. The molecule has 0 N–H and O–H groups in total. The molecule has 0 spiro atoms. The van der Waals surface area contributed by atoms with Crippen LogP contribution in [0, 0.1) is 0 Å². The lowest BCUT2D eigenvalue weighted by Crippen LogP contribution is -1.93. The molecule has 2 aromatic carbocycles. The largest absolute Gasteiger partial charge is 0.276 e. The van der Waals surface area contributed by atoms with E-state index in [-0.39, 0.29) is 0 Å². The molecular formula is C16H9N3. The molecule has 0 aliphatic heterocycles. The second-order valence-corrected chi connectivity index (χ2v) is 4.83. The van der Waals surface area contributed by atoms with E-state index in [1.807, 2.05) is 18.3 Å². The summed E-state index contributed by atoms with van der Waals surface area (Å²) in [6, 6.07) is 16.6. The van der Waals surface area contributed by atoms with Crippen LogP contribution in [0.25, 0.3) is 38.5 Å². The fourth-order valence-corrected chi connectivity index (χ4v) is 2.92. The molecule has 88 valence electrons. The molecule has 19 heavy (non-hydrogen) atoms. The van der Waals surface area contributed by atoms with Crippen molar-refractivity contribution in [2.75, 3.05) is 0 Å². The first-order chi connectivity index (χ1) is 9.42. The number of nitrogens with zero attached hydrogens (tertiary/aromatic N) is 3. The van der Waals surface area contributed by atoms with Gasteiger partial charge in [-0.3, -0.25) is 4.40 Å². The summed E-state index contributed by atoms with van der Waals surface area (Å²) in [4.78, 5) is 9.34. The average molecular weight is 243 g/mol. The zero-order chi connectivity index (χ0) is 12.4. The predicted molar refractivity (Wildman–Crippen MR) is 76.7 cm³/mol. The number of fused-ring (bicyclic) bond motifs is 2. The molecular weight excluding hydrogens is 234 g/mol. The first kappa shape index (κ1) is 9.28. The van der Waals surface area contributed by atoms with E-state index in [4.69, 9.17) is 4.98 Å². The van der Waals surface area contributed by atoms with E-state index in [2.05, 4.69) is 45.8 Å². The summed E-state index contributed by atoms with van der Waals surface area (Å²) in [5, 5.41) is 3.49. The molecule has 0 fully saturated rings. The fraction of sp³-hybridized carbons (Fsp3) is 0. The highest BCUT2D eigenvalue weighted by Gasteiger charge is 2.13. The minimum atomic E-state index is 0.954. The lowest BCUT2D eigenvalue weighted by atomic mass is 10.1. The van der Waals surface area contributed by atoms with Crippen LogP contribution in [-0.4, -0.2) is 14.4 Å². The number of hydrogen-bond donors (Lipinski definition) is 0. The van der Waals surface area contributed by atoms with Crippen LogP contribution in [-0.2, 0) is 0 Å². The number of aromatic nitrogens is 3. The van der Waals surface area contributed by atoms with Crippen LogP contribution in [0.15, 0.2) is 54.7 Å². The van der Waals surface area contributed by atoms with Crippen LogP contribution < -0.4 is 0 Å². The summed E-state index contributed by atoms with van der Waals surface area (Å²) < 4.78 is 2.16. The fourth-order valence-electron chi connectivity index (χ4n) is 2.92. The van der Waals surface area contributed by atoms with Gasteiger partial charge in [0.1, 0.15) is 11.3 Å². The Hall–Kier alpha value is -2.68. The number of rotatable bonds is 0. The number of hydrogen-bond acceptors (Lipinski definition) is 2. The molecule has 3 heterocycles. The zero-order valence-corrected chi connectivity index (χ0v) is 10.0. The Balaban J connectivity index is 2.26. The van der Waals surface area contributed by atoms with Crippen molar-refractivity contribution in [3.8, 4) is 0 Å². The summed E-state index contributed by atoms with van der Waals surface area (Å²) >= 11 is 0. The maximum absolute atomic E-state index is 4.79.